The monoisotopic (exact) mass is 361 g/mol. The van der Waals surface area contributed by atoms with Crippen molar-refractivity contribution in [2.75, 3.05) is 11.4 Å². The Balaban J connectivity index is 1.44. The van der Waals surface area contributed by atoms with Crippen LogP contribution in [0, 0.1) is 5.82 Å². The first kappa shape index (κ1) is 17.2. The topological polar surface area (TPSA) is 45.2 Å². The van der Waals surface area contributed by atoms with Crippen LogP contribution >= 0.6 is 0 Å². The van der Waals surface area contributed by atoms with Crippen molar-refractivity contribution in [3.63, 3.8) is 0 Å². The van der Waals surface area contributed by atoms with E-state index in [4.69, 9.17) is 0 Å². The molecule has 4 rings (SSSR count). The summed E-state index contributed by atoms with van der Waals surface area (Å²) in [6.45, 7) is 1.26. The van der Waals surface area contributed by atoms with E-state index in [9.17, 15) is 9.18 Å². The molecule has 2 heterocycles. The number of carbonyl (C=O) groups excluding carboxylic acids is 1. The number of rotatable bonds is 4. The van der Waals surface area contributed by atoms with E-state index in [1.165, 1.54) is 23.4 Å². The number of amides is 1. The maximum atomic E-state index is 12.9. The Labute approximate surface area is 157 Å². The molecule has 1 aromatic heterocycles. The van der Waals surface area contributed by atoms with Crippen LogP contribution in [0.4, 0.5) is 15.9 Å². The van der Waals surface area contributed by atoms with Gasteiger partial charge in [0.05, 0.1) is 5.56 Å². The zero-order chi connectivity index (χ0) is 18.6. The maximum Gasteiger partial charge on any atom is 0.253 e. The Morgan fingerprint density at radius 3 is 2.67 bits per heavy atom. The van der Waals surface area contributed by atoms with Crippen LogP contribution in [0.25, 0.3) is 0 Å². The number of halogens is 1. The predicted molar refractivity (Wildman–Crippen MR) is 104 cm³/mol. The second-order valence-corrected chi connectivity index (χ2v) is 6.60. The molecule has 1 aliphatic rings. The molecule has 1 N–H and O–H groups in total. The Morgan fingerprint density at radius 1 is 1.07 bits per heavy atom. The molecule has 2 aromatic carbocycles. The van der Waals surface area contributed by atoms with Gasteiger partial charge in [0.2, 0.25) is 0 Å². The molecular formula is C22H20FN3O. The third-order valence-electron chi connectivity index (χ3n) is 4.76. The molecule has 0 atom stereocenters. The minimum absolute atomic E-state index is 0.197. The second kappa shape index (κ2) is 7.58. The van der Waals surface area contributed by atoms with E-state index < -0.39 is 0 Å². The molecule has 0 saturated carbocycles. The molecule has 0 unspecified atom stereocenters. The molecule has 1 aliphatic heterocycles. The smallest absolute Gasteiger partial charge is 0.253 e. The van der Waals surface area contributed by atoms with Gasteiger partial charge >= 0.3 is 0 Å². The lowest BCUT2D eigenvalue weighted by molar-refractivity contribution is 0.0950. The van der Waals surface area contributed by atoms with Gasteiger partial charge in [-0.1, -0.05) is 30.3 Å². The summed E-state index contributed by atoms with van der Waals surface area (Å²) < 4.78 is 12.9. The maximum absolute atomic E-state index is 12.9. The molecule has 0 bridgehead atoms. The fraction of sp³-hybridized carbons (Fsp3) is 0.182. The summed E-state index contributed by atoms with van der Waals surface area (Å²) in [5, 5.41) is 2.83. The zero-order valence-electron chi connectivity index (χ0n) is 14.9. The van der Waals surface area contributed by atoms with Crippen LogP contribution in [0.2, 0.25) is 0 Å². The lowest BCUT2D eigenvalue weighted by Crippen LogP contribution is -2.26. The number of anilines is 2. The molecule has 0 spiro atoms. The van der Waals surface area contributed by atoms with Crippen LogP contribution in [0.3, 0.4) is 0 Å². The van der Waals surface area contributed by atoms with E-state index in [2.05, 4.69) is 33.4 Å². The fourth-order valence-corrected chi connectivity index (χ4v) is 3.34. The molecule has 136 valence electrons. The van der Waals surface area contributed by atoms with Crippen LogP contribution in [-0.4, -0.2) is 17.4 Å². The highest BCUT2D eigenvalue weighted by molar-refractivity contribution is 5.94. The first-order chi connectivity index (χ1) is 13.2. The van der Waals surface area contributed by atoms with Gasteiger partial charge < -0.3 is 10.2 Å². The van der Waals surface area contributed by atoms with Crippen molar-refractivity contribution < 1.29 is 9.18 Å². The van der Waals surface area contributed by atoms with Crippen LogP contribution in [0.15, 0.2) is 66.9 Å². The number of fused-ring (bicyclic) bond motifs is 1. The van der Waals surface area contributed by atoms with Crippen LogP contribution in [0.1, 0.15) is 27.9 Å². The van der Waals surface area contributed by atoms with Gasteiger partial charge in [0.25, 0.3) is 5.91 Å². The fourth-order valence-electron chi connectivity index (χ4n) is 3.34. The lowest BCUT2D eigenvalue weighted by atomic mass is 10.0. The van der Waals surface area contributed by atoms with E-state index in [0.717, 1.165) is 30.8 Å². The average Bonchev–Trinajstić information content (AvgIpc) is 2.73. The standard InChI is InChI=1S/C22H20FN3O/c23-19-10-7-16(8-11-19)14-25-22(27)18-9-12-21(24-15-18)26-13-3-5-17-4-1-2-6-20(17)26/h1-2,4,6-12,15H,3,5,13-14H2,(H,25,27). The quantitative estimate of drug-likeness (QED) is 0.756. The summed E-state index contributed by atoms with van der Waals surface area (Å²) in [6.07, 6.45) is 3.77. The zero-order valence-corrected chi connectivity index (χ0v) is 14.9. The van der Waals surface area contributed by atoms with E-state index in [-0.39, 0.29) is 11.7 Å². The number of hydrogen-bond donors (Lipinski definition) is 1. The van der Waals surface area contributed by atoms with Gasteiger partial charge in [0, 0.05) is 25.0 Å². The van der Waals surface area contributed by atoms with Crippen LogP contribution in [-0.2, 0) is 13.0 Å². The molecule has 5 heteroatoms. The molecule has 4 nitrogen and oxygen atoms in total. The molecule has 27 heavy (non-hydrogen) atoms. The Morgan fingerprint density at radius 2 is 1.89 bits per heavy atom. The van der Waals surface area contributed by atoms with Crippen molar-refractivity contribution in [3.05, 3.63) is 89.4 Å². The number of nitrogens with one attached hydrogen (secondary N) is 1. The minimum atomic E-state index is -0.288. The predicted octanol–water partition coefficient (Wildman–Crippen LogP) is 4.24. The molecule has 0 radical (unpaired) electrons. The highest BCUT2D eigenvalue weighted by Crippen LogP contribution is 2.32. The minimum Gasteiger partial charge on any atom is -0.348 e. The summed E-state index contributed by atoms with van der Waals surface area (Å²) in [6, 6.07) is 18.1. The summed E-state index contributed by atoms with van der Waals surface area (Å²) in [7, 11) is 0. The summed E-state index contributed by atoms with van der Waals surface area (Å²) in [4.78, 5) is 19.0. The second-order valence-electron chi connectivity index (χ2n) is 6.60. The van der Waals surface area contributed by atoms with Crippen molar-refractivity contribution in [2.45, 2.75) is 19.4 Å². The largest absolute Gasteiger partial charge is 0.348 e. The highest BCUT2D eigenvalue weighted by atomic mass is 19.1. The van der Waals surface area contributed by atoms with Gasteiger partial charge in [-0.15, -0.1) is 0 Å². The van der Waals surface area contributed by atoms with Crippen molar-refractivity contribution in [1.29, 1.82) is 0 Å². The van der Waals surface area contributed by atoms with Gasteiger partial charge in [-0.3, -0.25) is 4.79 Å². The van der Waals surface area contributed by atoms with E-state index in [1.54, 1.807) is 24.4 Å². The van der Waals surface area contributed by atoms with Gasteiger partial charge in [0.1, 0.15) is 11.6 Å². The highest BCUT2D eigenvalue weighted by Gasteiger charge is 2.18. The normalized spacial score (nSPS) is 13.1. The van der Waals surface area contributed by atoms with Gasteiger partial charge in [0.15, 0.2) is 0 Å². The molecule has 0 aliphatic carbocycles. The van der Waals surface area contributed by atoms with Crippen molar-refractivity contribution in [3.8, 4) is 0 Å². The van der Waals surface area contributed by atoms with Crippen LogP contribution < -0.4 is 10.2 Å². The molecular weight excluding hydrogens is 341 g/mol. The van der Waals surface area contributed by atoms with Crippen molar-refractivity contribution in [1.82, 2.24) is 10.3 Å². The number of carbonyl (C=O) groups is 1. The van der Waals surface area contributed by atoms with Gasteiger partial charge in [-0.2, -0.15) is 0 Å². The van der Waals surface area contributed by atoms with E-state index >= 15 is 0 Å². The molecule has 0 saturated heterocycles. The number of hydrogen-bond acceptors (Lipinski definition) is 3. The number of nitrogens with zero attached hydrogens (tertiary/aromatic N) is 2. The van der Waals surface area contributed by atoms with Gasteiger partial charge in [-0.05, 0) is 54.3 Å². The summed E-state index contributed by atoms with van der Waals surface area (Å²) in [5.41, 5.74) is 3.86. The molecule has 3 aromatic rings. The number of aromatic nitrogens is 1. The third-order valence-corrected chi connectivity index (χ3v) is 4.76. The average molecular weight is 361 g/mol. The van der Waals surface area contributed by atoms with Crippen molar-refractivity contribution >= 4 is 17.4 Å². The summed E-state index contributed by atoms with van der Waals surface area (Å²) >= 11 is 0. The van der Waals surface area contributed by atoms with Gasteiger partial charge in [-0.25, -0.2) is 9.37 Å². The Kier molecular flexibility index (Phi) is 4.83. The third kappa shape index (κ3) is 3.82. The van der Waals surface area contributed by atoms with E-state index in [0.29, 0.717) is 12.1 Å². The Hall–Kier alpha value is -3.21. The van der Waals surface area contributed by atoms with Crippen LogP contribution in [0.5, 0.6) is 0 Å². The SMILES string of the molecule is O=C(NCc1ccc(F)cc1)c1ccc(N2CCCc3ccccc32)nc1. The first-order valence-electron chi connectivity index (χ1n) is 9.05. The number of para-hydroxylation sites is 1. The summed E-state index contributed by atoms with van der Waals surface area (Å²) in [5.74, 6) is 0.360. The molecule has 0 fully saturated rings. The Bertz CT molecular complexity index is 939. The number of benzene rings is 2. The number of pyridine rings is 1. The van der Waals surface area contributed by atoms with E-state index in [1.807, 2.05) is 12.1 Å². The first-order valence-corrected chi connectivity index (χ1v) is 9.05. The number of aryl methyl sites for hydroxylation is 1. The van der Waals surface area contributed by atoms with Crippen molar-refractivity contribution in [2.24, 2.45) is 0 Å². The lowest BCUT2D eigenvalue weighted by Gasteiger charge is -2.30. The molecule has 1 amide bonds.